The zero-order valence-corrected chi connectivity index (χ0v) is 13.1. The van der Waals surface area contributed by atoms with Crippen molar-refractivity contribution in [2.24, 2.45) is 0 Å². The number of fused-ring (bicyclic) bond motifs is 1. The predicted octanol–water partition coefficient (Wildman–Crippen LogP) is 3.39. The number of hydrogen-bond acceptors (Lipinski definition) is 4. The number of hydrogen-bond donors (Lipinski definition) is 1. The van der Waals surface area contributed by atoms with Crippen molar-refractivity contribution in [3.05, 3.63) is 52.8 Å². The molecule has 0 amide bonds. The number of methoxy groups -OCH3 is 1. The normalized spacial score (nSPS) is 10.7. The van der Waals surface area contributed by atoms with Crippen molar-refractivity contribution in [3.63, 3.8) is 0 Å². The van der Waals surface area contributed by atoms with E-state index in [0.717, 1.165) is 12.0 Å². The number of nitrogens with one attached hydrogen (secondary N) is 1. The molecule has 2 aromatic carbocycles. The minimum atomic E-state index is -0.157. The van der Waals surface area contributed by atoms with Crippen molar-refractivity contribution in [3.8, 4) is 22.9 Å². The molecular formula is C18H18N2O3. The van der Waals surface area contributed by atoms with E-state index in [0.29, 0.717) is 34.8 Å². The molecule has 0 spiro atoms. The summed E-state index contributed by atoms with van der Waals surface area (Å²) in [6.07, 6.45) is 0.921. The van der Waals surface area contributed by atoms with Gasteiger partial charge >= 0.3 is 0 Å². The molecular weight excluding hydrogens is 292 g/mol. The third-order valence-corrected chi connectivity index (χ3v) is 3.51. The average Bonchev–Trinajstić information content (AvgIpc) is 2.59. The van der Waals surface area contributed by atoms with Gasteiger partial charge in [-0.3, -0.25) is 4.79 Å². The molecule has 5 nitrogen and oxygen atoms in total. The Labute approximate surface area is 133 Å². The van der Waals surface area contributed by atoms with Gasteiger partial charge in [-0.1, -0.05) is 19.1 Å². The second-order valence-corrected chi connectivity index (χ2v) is 5.15. The lowest BCUT2D eigenvalue weighted by Crippen LogP contribution is -2.09. The summed E-state index contributed by atoms with van der Waals surface area (Å²) < 4.78 is 11.0. The molecule has 0 saturated heterocycles. The van der Waals surface area contributed by atoms with Gasteiger partial charge < -0.3 is 14.5 Å². The summed E-state index contributed by atoms with van der Waals surface area (Å²) >= 11 is 0. The van der Waals surface area contributed by atoms with Crippen LogP contribution in [-0.2, 0) is 0 Å². The van der Waals surface area contributed by atoms with Crippen LogP contribution >= 0.6 is 0 Å². The molecule has 0 aliphatic carbocycles. The minimum Gasteiger partial charge on any atom is -0.493 e. The van der Waals surface area contributed by atoms with Crippen molar-refractivity contribution < 1.29 is 9.47 Å². The lowest BCUT2D eigenvalue weighted by atomic mass is 10.1. The van der Waals surface area contributed by atoms with Gasteiger partial charge in [0.05, 0.1) is 24.6 Å². The standard InChI is InChI=1S/C18H18N2O3/c1-3-10-23-15-9-8-12(11-16(15)22-2)17-19-14-7-5-4-6-13(14)18(21)20-17/h4-9,11H,3,10H2,1-2H3,(H,19,20,21). The number of para-hydroxylation sites is 1. The van der Waals surface area contributed by atoms with E-state index in [1.54, 1.807) is 13.2 Å². The molecule has 0 bridgehead atoms. The average molecular weight is 310 g/mol. The maximum Gasteiger partial charge on any atom is 0.259 e. The molecule has 0 aliphatic rings. The number of aromatic nitrogens is 2. The van der Waals surface area contributed by atoms with E-state index in [2.05, 4.69) is 9.97 Å². The van der Waals surface area contributed by atoms with Gasteiger partial charge in [-0.15, -0.1) is 0 Å². The van der Waals surface area contributed by atoms with Crippen molar-refractivity contribution in [1.29, 1.82) is 0 Å². The summed E-state index contributed by atoms with van der Waals surface area (Å²) in [5, 5.41) is 0.575. The summed E-state index contributed by atoms with van der Waals surface area (Å²) in [4.78, 5) is 19.5. The van der Waals surface area contributed by atoms with Crippen molar-refractivity contribution in [1.82, 2.24) is 9.97 Å². The fourth-order valence-corrected chi connectivity index (χ4v) is 2.37. The Balaban J connectivity index is 2.06. The summed E-state index contributed by atoms with van der Waals surface area (Å²) in [6, 6.07) is 12.8. The monoisotopic (exact) mass is 310 g/mol. The molecule has 0 aliphatic heterocycles. The fourth-order valence-electron chi connectivity index (χ4n) is 2.37. The molecule has 3 rings (SSSR count). The van der Waals surface area contributed by atoms with Gasteiger partial charge in [0.15, 0.2) is 11.5 Å². The number of aromatic amines is 1. The van der Waals surface area contributed by atoms with E-state index < -0.39 is 0 Å². The summed E-state index contributed by atoms with van der Waals surface area (Å²) in [5.74, 6) is 1.81. The van der Waals surface area contributed by atoms with E-state index in [4.69, 9.17) is 9.47 Å². The molecule has 0 atom stereocenters. The lowest BCUT2D eigenvalue weighted by molar-refractivity contribution is 0.294. The van der Waals surface area contributed by atoms with Crippen LogP contribution in [0, 0.1) is 0 Å². The smallest absolute Gasteiger partial charge is 0.259 e. The summed E-state index contributed by atoms with van der Waals surface area (Å²) in [5.41, 5.74) is 1.28. The van der Waals surface area contributed by atoms with Crippen LogP contribution in [0.3, 0.4) is 0 Å². The molecule has 0 unspecified atom stereocenters. The molecule has 0 radical (unpaired) electrons. The molecule has 118 valence electrons. The zero-order valence-electron chi connectivity index (χ0n) is 13.1. The Kier molecular flexibility index (Phi) is 4.28. The van der Waals surface area contributed by atoms with Gasteiger partial charge in [-0.05, 0) is 36.8 Å². The van der Waals surface area contributed by atoms with E-state index in [-0.39, 0.29) is 5.56 Å². The Morgan fingerprint density at radius 2 is 1.96 bits per heavy atom. The van der Waals surface area contributed by atoms with Gasteiger partial charge in [-0.25, -0.2) is 4.98 Å². The zero-order chi connectivity index (χ0) is 16.2. The highest BCUT2D eigenvalue weighted by Crippen LogP contribution is 2.31. The summed E-state index contributed by atoms with van der Waals surface area (Å²) in [7, 11) is 1.59. The molecule has 0 saturated carbocycles. The number of rotatable bonds is 5. The third kappa shape index (κ3) is 3.04. The first-order valence-corrected chi connectivity index (χ1v) is 7.53. The van der Waals surface area contributed by atoms with E-state index >= 15 is 0 Å². The maximum absolute atomic E-state index is 12.2. The topological polar surface area (TPSA) is 64.2 Å². The second kappa shape index (κ2) is 6.52. The van der Waals surface area contributed by atoms with Crippen LogP contribution in [0.25, 0.3) is 22.3 Å². The van der Waals surface area contributed by atoms with Crippen LogP contribution in [-0.4, -0.2) is 23.7 Å². The van der Waals surface area contributed by atoms with Crippen LogP contribution in [0.1, 0.15) is 13.3 Å². The van der Waals surface area contributed by atoms with Crippen LogP contribution in [0.15, 0.2) is 47.3 Å². The maximum atomic E-state index is 12.2. The minimum absolute atomic E-state index is 0.157. The fraction of sp³-hybridized carbons (Fsp3) is 0.222. The number of nitrogens with zero attached hydrogens (tertiary/aromatic N) is 1. The highest BCUT2D eigenvalue weighted by molar-refractivity contribution is 5.79. The van der Waals surface area contributed by atoms with E-state index in [1.165, 1.54) is 0 Å². The Morgan fingerprint density at radius 3 is 2.74 bits per heavy atom. The van der Waals surface area contributed by atoms with Crippen molar-refractivity contribution in [2.75, 3.05) is 13.7 Å². The molecule has 0 fully saturated rings. The molecule has 3 aromatic rings. The predicted molar refractivity (Wildman–Crippen MR) is 90.1 cm³/mol. The molecule has 1 N–H and O–H groups in total. The molecule has 1 heterocycles. The first-order chi connectivity index (χ1) is 11.2. The number of ether oxygens (including phenoxy) is 2. The third-order valence-electron chi connectivity index (χ3n) is 3.51. The second-order valence-electron chi connectivity index (χ2n) is 5.15. The van der Waals surface area contributed by atoms with Gasteiger partial charge in [0.1, 0.15) is 5.82 Å². The number of benzene rings is 2. The Bertz CT molecular complexity index is 887. The Morgan fingerprint density at radius 1 is 1.13 bits per heavy atom. The molecule has 1 aromatic heterocycles. The quantitative estimate of drug-likeness (QED) is 0.784. The van der Waals surface area contributed by atoms with Gasteiger partial charge in [0.25, 0.3) is 5.56 Å². The van der Waals surface area contributed by atoms with Crippen LogP contribution < -0.4 is 15.0 Å². The van der Waals surface area contributed by atoms with Crippen molar-refractivity contribution in [2.45, 2.75) is 13.3 Å². The highest BCUT2D eigenvalue weighted by Gasteiger charge is 2.10. The van der Waals surface area contributed by atoms with Crippen LogP contribution in [0.4, 0.5) is 0 Å². The van der Waals surface area contributed by atoms with Gasteiger partial charge in [0.2, 0.25) is 0 Å². The number of H-pyrrole nitrogens is 1. The van der Waals surface area contributed by atoms with E-state index in [9.17, 15) is 4.79 Å². The van der Waals surface area contributed by atoms with Gasteiger partial charge in [0, 0.05) is 5.56 Å². The highest BCUT2D eigenvalue weighted by atomic mass is 16.5. The Hall–Kier alpha value is -2.82. The van der Waals surface area contributed by atoms with Gasteiger partial charge in [-0.2, -0.15) is 0 Å². The van der Waals surface area contributed by atoms with Crippen molar-refractivity contribution >= 4 is 10.9 Å². The SMILES string of the molecule is CCCOc1ccc(-c2nc3ccccc3c(=O)[nH]2)cc1OC. The van der Waals surface area contributed by atoms with Crippen LogP contribution in [0.5, 0.6) is 11.5 Å². The van der Waals surface area contributed by atoms with E-state index in [1.807, 2.05) is 43.3 Å². The molecule has 5 heteroatoms. The lowest BCUT2D eigenvalue weighted by Gasteiger charge is -2.11. The molecule has 23 heavy (non-hydrogen) atoms. The largest absolute Gasteiger partial charge is 0.493 e. The van der Waals surface area contributed by atoms with Crippen LogP contribution in [0.2, 0.25) is 0 Å². The first-order valence-electron chi connectivity index (χ1n) is 7.53. The first kappa shape index (κ1) is 15.1. The summed E-state index contributed by atoms with van der Waals surface area (Å²) in [6.45, 7) is 2.67.